The smallest absolute Gasteiger partial charge is 0.339 e. The number of rotatable bonds is 4. The molecule has 0 radical (unpaired) electrons. The Hall–Kier alpha value is -1.96. The van der Waals surface area contributed by atoms with E-state index in [1.165, 1.54) is 6.07 Å². The number of benzene rings is 1. The second-order valence-electron chi connectivity index (χ2n) is 4.51. The van der Waals surface area contributed by atoms with Crippen molar-refractivity contribution >= 4 is 0 Å². The second-order valence-corrected chi connectivity index (χ2v) is 4.51. The number of halogens is 4. The van der Waals surface area contributed by atoms with Crippen LogP contribution < -0.4 is 5.73 Å². The Labute approximate surface area is 118 Å². The summed E-state index contributed by atoms with van der Waals surface area (Å²) in [6.07, 6.45) is -3.45. The third-order valence-corrected chi connectivity index (χ3v) is 2.88. The van der Waals surface area contributed by atoms with E-state index in [1.807, 2.05) is 6.92 Å². The van der Waals surface area contributed by atoms with Crippen molar-refractivity contribution in [2.45, 2.75) is 32.0 Å². The van der Waals surface area contributed by atoms with Crippen LogP contribution in [0.5, 0.6) is 0 Å². The topological polar surface area (TPSA) is 64.9 Å². The summed E-state index contributed by atoms with van der Waals surface area (Å²) in [6, 6.07) is 1.55. The molecular weight excluding hydrogens is 290 g/mol. The maximum atomic E-state index is 13.2. The van der Waals surface area contributed by atoms with Gasteiger partial charge in [0.25, 0.3) is 0 Å². The van der Waals surface area contributed by atoms with Crippen LogP contribution in [0.3, 0.4) is 0 Å². The molecule has 0 bridgehead atoms. The van der Waals surface area contributed by atoms with Crippen LogP contribution in [-0.2, 0) is 12.6 Å². The minimum atomic E-state index is -4.79. The summed E-state index contributed by atoms with van der Waals surface area (Å²) in [4.78, 5) is 4.01. The lowest BCUT2D eigenvalue weighted by Gasteiger charge is -2.12. The molecule has 4 nitrogen and oxygen atoms in total. The van der Waals surface area contributed by atoms with Gasteiger partial charge in [-0.2, -0.15) is 18.2 Å². The maximum Gasteiger partial charge on any atom is 0.419 e. The molecule has 1 aromatic heterocycles. The third kappa shape index (κ3) is 3.38. The standard InChI is InChI=1S/C13H13F4N3O/c1-2-3-10-19-12(20-21-10)11(18)7-4-5-9(14)8(6-7)13(15,16)17/h4-6,11H,2-3,18H2,1H3. The molecule has 0 fully saturated rings. The minimum Gasteiger partial charge on any atom is -0.339 e. The van der Waals surface area contributed by atoms with E-state index < -0.39 is 23.6 Å². The van der Waals surface area contributed by atoms with Gasteiger partial charge < -0.3 is 10.3 Å². The molecule has 1 heterocycles. The molecule has 0 saturated heterocycles. The number of hydrogen-bond donors (Lipinski definition) is 1. The Kier molecular flexibility index (Phi) is 4.26. The first kappa shape index (κ1) is 15.4. The molecule has 0 saturated carbocycles. The normalized spacial score (nSPS) is 13.4. The Morgan fingerprint density at radius 1 is 1.33 bits per heavy atom. The van der Waals surface area contributed by atoms with Crippen LogP contribution in [0.4, 0.5) is 17.6 Å². The number of hydrogen-bond acceptors (Lipinski definition) is 4. The van der Waals surface area contributed by atoms with Crippen LogP contribution >= 0.6 is 0 Å². The lowest BCUT2D eigenvalue weighted by atomic mass is 10.0. The highest BCUT2D eigenvalue weighted by atomic mass is 19.4. The Morgan fingerprint density at radius 3 is 2.67 bits per heavy atom. The molecule has 2 N–H and O–H groups in total. The molecule has 2 rings (SSSR count). The van der Waals surface area contributed by atoms with Crippen LogP contribution in [0, 0.1) is 5.82 Å². The predicted molar refractivity (Wildman–Crippen MR) is 65.7 cm³/mol. The molecule has 1 atom stereocenters. The predicted octanol–water partition coefficient (Wildman–Crippen LogP) is 3.23. The van der Waals surface area contributed by atoms with Gasteiger partial charge in [-0.1, -0.05) is 18.1 Å². The van der Waals surface area contributed by atoms with Crippen LogP contribution in [-0.4, -0.2) is 10.1 Å². The number of aromatic nitrogens is 2. The minimum absolute atomic E-state index is 0.0626. The average Bonchev–Trinajstić information content (AvgIpc) is 2.86. The summed E-state index contributed by atoms with van der Waals surface area (Å²) in [5, 5.41) is 3.64. The van der Waals surface area contributed by atoms with Crippen LogP contribution in [0.1, 0.15) is 42.2 Å². The van der Waals surface area contributed by atoms with Crippen molar-refractivity contribution < 1.29 is 22.1 Å². The summed E-state index contributed by atoms with van der Waals surface area (Å²) < 4.78 is 56.2. The molecule has 0 aliphatic carbocycles. The molecule has 0 spiro atoms. The molecule has 1 unspecified atom stereocenters. The van der Waals surface area contributed by atoms with Gasteiger partial charge in [0.15, 0.2) is 5.82 Å². The van der Waals surface area contributed by atoms with E-state index in [4.69, 9.17) is 10.3 Å². The van der Waals surface area contributed by atoms with Crippen molar-refractivity contribution in [3.8, 4) is 0 Å². The van der Waals surface area contributed by atoms with E-state index in [0.717, 1.165) is 12.5 Å². The largest absolute Gasteiger partial charge is 0.419 e. The van der Waals surface area contributed by atoms with Crippen molar-refractivity contribution in [3.05, 3.63) is 46.9 Å². The molecule has 0 aliphatic heterocycles. The summed E-state index contributed by atoms with van der Waals surface area (Å²) in [5.74, 6) is -0.919. The Bertz CT molecular complexity index is 624. The molecule has 21 heavy (non-hydrogen) atoms. The summed E-state index contributed by atoms with van der Waals surface area (Å²) in [7, 11) is 0. The SMILES string of the molecule is CCCc1nc(C(N)c2ccc(F)c(C(F)(F)F)c2)no1. The summed E-state index contributed by atoms with van der Waals surface area (Å²) in [6.45, 7) is 1.92. The van der Waals surface area contributed by atoms with Gasteiger partial charge in [0, 0.05) is 6.42 Å². The zero-order valence-electron chi connectivity index (χ0n) is 11.1. The van der Waals surface area contributed by atoms with Gasteiger partial charge in [0.1, 0.15) is 5.82 Å². The Balaban J connectivity index is 2.32. The van der Waals surface area contributed by atoms with Gasteiger partial charge in [-0.05, 0) is 24.1 Å². The van der Waals surface area contributed by atoms with Gasteiger partial charge >= 0.3 is 6.18 Å². The van der Waals surface area contributed by atoms with Crippen molar-refractivity contribution in [1.29, 1.82) is 0 Å². The number of nitrogens with zero attached hydrogens (tertiary/aromatic N) is 2. The Morgan fingerprint density at radius 2 is 2.05 bits per heavy atom. The highest BCUT2D eigenvalue weighted by molar-refractivity contribution is 5.31. The van der Waals surface area contributed by atoms with E-state index in [-0.39, 0.29) is 11.4 Å². The third-order valence-electron chi connectivity index (χ3n) is 2.88. The van der Waals surface area contributed by atoms with Crippen molar-refractivity contribution in [3.63, 3.8) is 0 Å². The molecule has 0 amide bonds. The van der Waals surface area contributed by atoms with Crippen LogP contribution in [0.2, 0.25) is 0 Å². The van der Waals surface area contributed by atoms with E-state index in [2.05, 4.69) is 10.1 Å². The average molecular weight is 303 g/mol. The van der Waals surface area contributed by atoms with E-state index in [9.17, 15) is 17.6 Å². The van der Waals surface area contributed by atoms with Gasteiger partial charge in [-0.15, -0.1) is 0 Å². The molecule has 8 heteroatoms. The van der Waals surface area contributed by atoms with E-state index in [0.29, 0.717) is 18.4 Å². The molecule has 0 aliphatic rings. The first-order valence-electron chi connectivity index (χ1n) is 6.27. The van der Waals surface area contributed by atoms with Gasteiger partial charge in [0.2, 0.25) is 5.89 Å². The maximum absolute atomic E-state index is 13.2. The number of aryl methyl sites for hydroxylation is 1. The first-order chi connectivity index (χ1) is 9.82. The monoisotopic (exact) mass is 303 g/mol. The van der Waals surface area contributed by atoms with Crippen molar-refractivity contribution in [2.24, 2.45) is 5.73 Å². The molecule has 2 aromatic rings. The van der Waals surface area contributed by atoms with E-state index >= 15 is 0 Å². The van der Waals surface area contributed by atoms with Gasteiger partial charge in [-0.25, -0.2) is 4.39 Å². The fourth-order valence-electron chi connectivity index (χ4n) is 1.81. The molecular formula is C13H13F4N3O. The van der Waals surface area contributed by atoms with Crippen LogP contribution in [0.15, 0.2) is 22.7 Å². The first-order valence-corrected chi connectivity index (χ1v) is 6.27. The fraction of sp³-hybridized carbons (Fsp3) is 0.385. The molecule has 1 aromatic carbocycles. The summed E-state index contributed by atoms with van der Waals surface area (Å²) >= 11 is 0. The quantitative estimate of drug-likeness (QED) is 0.881. The fourth-order valence-corrected chi connectivity index (χ4v) is 1.81. The lowest BCUT2D eigenvalue weighted by Crippen LogP contribution is -2.16. The van der Waals surface area contributed by atoms with E-state index in [1.54, 1.807) is 0 Å². The zero-order valence-corrected chi connectivity index (χ0v) is 11.1. The number of nitrogens with two attached hydrogens (primary N) is 1. The van der Waals surface area contributed by atoms with Gasteiger partial charge in [-0.3, -0.25) is 0 Å². The number of alkyl halides is 3. The molecule has 114 valence electrons. The summed E-state index contributed by atoms with van der Waals surface area (Å²) in [5.41, 5.74) is 4.51. The van der Waals surface area contributed by atoms with Gasteiger partial charge in [0.05, 0.1) is 11.6 Å². The highest BCUT2D eigenvalue weighted by Gasteiger charge is 2.34. The van der Waals surface area contributed by atoms with Crippen molar-refractivity contribution in [1.82, 2.24) is 10.1 Å². The zero-order chi connectivity index (χ0) is 15.6. The van der Waals surface area contributed by atoms with Crippen molar-refractivity contribution in [2.75, 3.05) is 0 Å². The highest BCUT2D eigenvalue weighted by Crippen LogP contribution is 2.33. The van der Waals surface area contributed by atoms with Crippen LogP contribution in [0.25, 0.3) is 0 Å². The second kappa shape index (κ2) is 5.80. The lowest BCUT2D eigenvalue weighted by molar-refractivity contribution is -0.140.